The lowest BCUT2D eigenvalue weighted by atomic mass is 9.85. The van der Waals surface area contributed by atoms with E-state index in [9.17, 15) is 0 Å². The fourth-order valence-electron chi connectivity index (χ4n) is 3.64. The molecule has 0 aromatic rings. The lowest BCUT2D eigenvalue weighted by molar-refractivity contribution is 0.841. The fraction of sp³-hybridized carbons (Fsp3) is 0.333. The molecule has 0 aromatic carbocycles. The van der Waals surface area contributed by atoms with Gasteiger partial charge in [0.1, 0.15) is 0 Å². The Bertz CT molecular complexity index is 747. The zero-order valence-corrected chi connectivity index (χ0v) is 16.3. The van der Waals surface area contributed by atoms with Crippen LogP contribution in [0.4, 0.5) is 0 Å². The van der Waals surface area contributed by atoms with Gasteiger partial charge in [0.2, 0.25) is 0 Å². The molecular weight excluding hydrogens is 319 g/mol. The molecular formula is C24H29P. The Hall–Kier alpha value is -1.65. The van der Waals surface area contributed by atoms with Crippen molar-refractivity contribution in [2.75, 3.05) is 0 Å². The van der Waals surface area contributed by atoms with Crippen molar-refractivity contribution in [2.24, 2.45) is 0 Å². The lowest BCUT2D eigenvalue weighted by Gasteiger charge is -2.20. The maximum atomic E-state index is 4.35. The van der Waals surface area contributed by atoms with Gasteiger partial charge in [-0.1, -0.05) is 72.2 Å². The molecule has 1 heteroatoms. The molecule has 0 N–H and O–H groups in total. The predicted octanol–water partition coefficient (Wildman–Crippen LogP) is 7.28. The minimum absolute atomic E-state index is 1.02. The van der Waals surface area contributed by atoms with Crippen LogP contribution in [0.25, 0.3) is 0 Å². The highest BCUT2D eigenvalue weighted by molar-refractivity contribution is 7.22. The average molecular weight is 348 g/mol. The lowest BCUT2D eigenvalue weighted by Crippen LogP contribution is -2.01. The van der Waals surface area contributed by atoms with Crippen LogP contribution in [-0.4, -0.2) is 0 Å². The Balaban J connectivity index is 1.54. The van der Waals surface area contributed by atoms with Gasteiger partial charge in [-0.25, -0.2) is 0 Å². The summed E-state index contributed by atoms with van der Waals surface area (Å²) in [7, 11) is 2.81. The molecule has 0 radical (unpaired) electrons. The summed E-state index contributed by atoms with van der Waals surface area (Å²) < 4.78 is 0. The monoisotopic (exact) mass is 348 g/mol. The van der Waals surface area contributed by atoms with Crippen molar-refractivity contribution in [3.8, 4) is 0 Å². The molecule has 25 heavy (non-hydrogen) atoms. The number of rotatable bonds is 6. The van der Waals surface area contributed by atoms with E-state index in [1.807, 2.05) is 0 Å². The van der Waals surface area contributed by atoms with E-state index in [0.29, 0.717) is 0 Å². The average Bonchev–Trinajstić information content (AvgIpc) is 2.67. The summed E-state index contributed by atoms with van der Waals surface area (Å²) in [6.45, 7) is 8.65. The van der Waals surface area contributed by atoms with Crippen LogP contribution in [-0.2, 0) is 0 Å². The second kappa shape index (κ2) is 8.63. The molecule has 3 rings (SSSR count). The van der Waals surface area contributed by atoms with Crippen LogP contribution in [0, 0.1) is 0 Å². The van der Waals surface area contributed by atoms with Crippen molar-refractivity contribution in [3.63, 3.8) is 0 Å². The predicted molar refractivity (Wildman–Crippen MR) is 114 cm³/mol. The molecule has 0 spiro atoms. The van der Waals surface area contributed by atoms with Gasteiger partial charge >= 0.3 is 0 Å². The van der Waals surface area contributed by atoms with Crippen LogP contribution in [0.2, 0.25) is 0 Å². The third-order valence-electron chi connectivity index (χ3n) is 5.39. The van der Waals surface area contributed by atoms with Gasteiger partial charge in [0.25, 0.3) is 0 Å². The number of hydrogen-bond donors (Lipinski definition) is 0. The van der Waals surface area contributed by atoms with Crippen LogP contribution in [0.1, 0.15) is 51.4 Å². The van der Waals surface area contributed by atoms with Gasteiger partial charge in [0.05, 0.1) is 0 Å². The molecule has 0 aromatic heterocycles. The first kappa shape index (κ1) is 18.2. The summed E-state index contributed by atoms with van der Waals surface area (Å²) >= 11 is 0. The maximum Gasteiger partial charge on any atom is -0.0235 e. The summed E-state index contributed by atoms with van der Waals surface area (Å²) in [4.78, 5) is 0. The highest BCUT2D eigenvalue weighted by Gasteiger charge is 2.14. The summed E-state index contributed by atoms with van der Waals surface area (Å²) in [5.41, 5.74) is 8.43. The molecule has 0 aliphatic heterocycles. The Morgan fingerprint density at radius 1 is 0.760 bits per heavy atom. The topological polar surface area (TPSA) is 0 Å². The molecule has 0 saturated heterocycles. The largest absolute Gasteiger partial charge is 0.110 e. The number of hydrogen-bond acceptors (Lipinski definition) is 0. The Labute approximate surface area is 155 Å². The van der Waals surface area contributed by atoms with Gasteiger partial charge in [-0.15, -0.1) is 9.24 Å². The van der Waals surface area contributed by atoms with E-state index < -0.39 is 0 Å². The normalized spacial score (nSPS) is 20.1. The summed E-state index contributed by atoms with van der Waals surface area (Å²) in [5, 5.41) is 1.39. The fourth-order valence-corrected chi connectivity index (χ4v) is 3.88. The molecule has 3 aliphatic rings. The van der Waals surface area contributed by atoms with Crippen molar-refractivity contribution in [1.82, 2.24) is 0 Å². The molecule has 0 nitrogen and oxygen atoms in total. The van der Waals surface area contributed by atoms with Gasteiger partial charge in [0, 0.05) is 0 Å². The van der Waals surface area contributed by atoms with Crippen molar-refractivity contribution < 1.29 is 0 Å². The van der Waals surface area contributed by atoms with Crippen LogP contribution < -0.4 is 0 Å². The zero-order chi connectivity index (χ0) is 17.6. The molecule has 0 bridgehead atoms. The van der Waals surface area contributed by atoms with E-state index in [4.69, 9.17) is 0 Å². The van der Waals surface area contributed by atoms with E-state index in [2.05, 4.69) is 64.9 Å². The smallest absolute Gasteiger partial charge is 0.0235 e. The molecule has 1 unspecified atom stereocenters. The maximum absolute atomic E-state index is 4.35. The molecule has 3 aliphatic carbocycles. The SMILES string of the molecule is C=C(CCC(=C)C1=CC=C(C2=CC=CCC2)CC1)C1=CC=C(P)CC1. The molecule has 0 heterocycles. The van der Waals surface area contributed by atoms with Gasteiger partial charge in [-0.05, 0) is 73.7 Å². The number of allylic oxidation sites excluding steroid dienone is 14. The van der Waals surface area contributed by atoms with Crippen molar-refractivity contribution in [2.45, 2.75) is 51.4 Å². The van der Waals surface area contributed by atoms with Crippen molar-refractivity contribution >= 4 is 9.24 Å². The van der Waals surface area contributed by atoms with Crippen LogP contribution in [0.5, 0.6) is 0 Å². The minimum atomic E-state index is 1.02. The Morgan fingerprint density at radius 2 is 1.40 bits per heavy atom. The standard InChI is InChI=1S/C24H29P/c1-18(8-9-19(2)21-14-16-24(25)17-15-21)20-10-12-23(13-11-20)22-6-4-3-5-7-22/h3-4,6,10,12,14,16H,1-2,5,7-9,11,13,15,17,25H2. The Kier molecular flexibility index (Phi) is 6.27. The molecule has 0 saturated carbocycles. The highest BCUT2D eigenvalue weighted by atomic mass is 31.0. The van der Waals surface area contributed by atoms with Crippen molar-refractivity contribution in [3.05, 3.63) is 94.4 Å². The molecule has 0 amide bonds. The van der Waals surface area contributed by atoms with E-state index >= 15 is 0 Å². The quantitative estimate of drug-likeness (QED) is 0.442. The highest BCUT2D eigenvalue weighted by Crippen LogP contribution is 2.33. The van der Waals surface area contributed by atoms with E-state index in [1.54, 1.807) is 0 Å². The summed E-state index contributed by atoms with van der Waals surface area (Å²) in [5.74, 6) is 0. The first-order chi connectivity index (χ1) is 12.1. The molecule has 1 atom stereocenters. The van der Waals surface area contributed by atoms with Crippen LogP contribution in [0.3, 0.4) is 0 Å². The van der Waals surface area contributed by atoms with Gasteiger partial charge < -0.3 is 0 Å². The van der Waals surface area contributed by atoms with Crippen LogP contribution in [0.15, 0.2) is 94.4 Å². The first-order valence-corrected chi connectivity index (χ1v) is 9.98. The van der Waals surface area contributed by atoms with Gasteiger partial charge in [-0.2, -0.15) is 0 Å². The summed E-state index contributed by atoms with van der Waals surface area (Å²) in [6.07, 6.45) is 24.7. The Morgan fingerprint density at radius 3 is 1.92 bits per heavy atom. The van der Waals surface area contributed by atoms with E-state index in [-0.39, 0.29) is 0 Å². The minimum Gasteiger partial charge on any atom is -0.110 e. The third-order valence-corrected chi connectivity index (χ3v) is 5.88. The van der Waals surface area contributed by atoms with Crippen LogP contribution >= 0.6 is 9.24 Å². The van der Waals surface area contributed by atoms with E-state index in [0.717, 1.165) is 38.5 Å². The van der Waals surface area contributed by atoms with Crippen molar-refractivity contribution in [1.29, 1.82) is 0 Å². The molecule has 0 fully saturated rings. The van der Waals surface area contributed by atoms with E-state index in [1.165, 1.54) is 51.6 Å². The first-order valence-electron chi connectivity index (χ1n) is 9.41. The second-order valence-corrected chi connectivity index (χ2v) is 7.92. The third kappa shape index (κ3) is 4.93. The zero-order valence-electron chi connectivity index (χ0n) is 15.2. The summed E-state index contributed by atoms with van der Waals surface area (Å²) in [6, 6.07) is 0. The van der Waals surface area contributed by atoms with Gasteiger partial charge in [0.15, 0.2) is 0 Å². The second-order valence-electron chi connectivity index (χ2n) is 7.18. The molecule has 130 valence electrons. The van der Waals surface area contributed by atoms with Gasteiger partial charge in [-0.3, -0.25) is 0 Å².